The average Bonchev–Trinajstić information content (AvgIpc) is 3.93. The summed E-state index contributed by atoms with van der Waals surface area (Å²) < 4.78 is 11.4. The Morgan fingerprint density at radius 3 is 2.26 bits per heavy atom. The van der Waals surface area contributed by atoms with Gasteiger partial charge in [0, 0.05) is 25.8 Å². The number of nitrogens with zero attached hydrogens (tertiary/aromatic N) is 1. The molecule has 2 aliphatic heterocycles. The van der Waals surface area contributed by atoms with Crippen LogP contribution in [0, 0.1) is 17.8 Å². The van der Waals surface area contributed by atoms with E-state index in [0.717, 1.165) is 43.2 Å². The van der Waals surface area contributed by atoms with Gasteiger partial charge >= 0.3 is 0 Å². The Hall–Kier alpha value is -4.61. The number of carbonyl (C=O) groups is 5. The lowest BCUT2D eigenvalue weighted by atomic mass is 9.82. The minimum absolute atomic E-state index is 0.127. The van der Waals surface area contributed by atoms with Gasteiger partial charge in [0.25, 0.3) is 0 Å². The fourth-order valence-electron chi connectivity index (χ4n) is 6.90. The number of rotatable bonds is 11. The molecule has 12 nitrogen and oxygen atoms in total. The Labute approximate surface area is 313 Å². The first kappa shape index (κ1) is 39.6. The van der Waals surface area contributed by atoms with Gasteiger partial charge in [-0.25, -0.2) is 0 Å². The van der Waals surface area contributed by atoms with Gasteiger partial charge in [-0.1, -0.05) is 57.4 Å². The predicted octanol–water partition coefficient (Wildman–Crippen LogP) is 3.70. The first-order valence-corrected chi connectivity index (χ1v) is 19.3. The molecule has 2 aliphatic carbocycles. The molecule has 2 fully saturated rings. The van der Waals surface area contributed by atoms with E-state index in [9.17, 15) is 24.0 Å². The Morgan fingerprint density at radius 1 is 0.925 bits per heavy atom. The smallest absolute Gasteiger partial charge is 0.245 e. The van der Waals surface area contributed by atoms with Gasteiger partial charge in [0.1, 0.15) is 36.2 Å². The van der Waals surface area contributed by atoms with Crippen LogP contribution in [0.4, 0.5) is 0 Å². The third-order valence-corrected chi connectivity index (χ3v) is 10.4. The molecular formula is C41H57N5O7. The van der Waals surface area contributed by atoms with Crippen molar-refractivity contribution in [2.75, 3.05) is 26.8 Å². The molecule has 2 aromatic rings. The van der Waals surface area contributed by atoms with Crippen LogP contribution in [0.1, 0.15) is 83.3 Å². The second-order valence-electron chi connectivity index (χ2n) is 15.5. The average molecular weight is 732 g/mol. The van der Waals surface area contributed by atoms with Gasteiger partial charge in [0.05, 0.1) is 19.7 Å². The van der Waals surface area contributed by atoms with Crippen LogP contribution >= 0.6 is 0 Å². The number of amides is 5. The van der Waals surface area contributed by atoms with Crippen molar-refractivity contribution in [2.24, 2.45) is 17.8 Å². The number of hydrogen-bond acceptors (Lipinski definition) is 7. The molecule has 53 heavy (non-hydrogen) atoms. The van der Waals surface area contributed by atoms with E-state index >= 15 is 0 Å². The van der Waals surface area contributed by atoms with Crippen LogP contribution in [0.2, 0.25) is 0 Å². The zero-order valence-electron chi connectivity index (χ0n) is 31.7. The van der Waals surface area contributed by atoms with Crippen molar-refractivity contribution in [1.82, 2.24) is 26.2 Å². The predicted molar refractivity (Wildman–Crippen MR) is 201 cm³/mol. The first-order chi connectivity index (χ1) is 25.4. The molecule has 4 N–H and O–H groups in total. The Balaban J connectivity index is 1.43. The second-order valence-corrected chi connectivity index (χ2v) is 15.5. The zero-order chi connectivity index (χ0) is 37.9. The van der Waals surface area contributed by atoms with Crippen LogP contribution in [-0.4, -0.2) is 85.4 Å². The highest BCUT2D eigenvalue weighted by Gasteiger charge is 2.34. The lowest BCUT2D eigenvalue weighted by Gasteiger charge is -2.29. The van der Waals surface area contributed by atoms with E-state index in [1.54, 1.807) is 26.2 Å². The zero-order valence-corrected chi connectivity index (χ0v) is 31.7. The van der Waals surface area contributed by atoms with E-state index in [4.69, 9.17) is 9.47 Å². The summed E-state index contributed by atoms with van der Waals surface area (Å²) in [6.45, 7) is 6.26. The van der Waals surface area contributed by atoms with Gasteiger partial charge < -0.3 is 35.6 Å². The van der Waals surface area contributed by atoms with Crippen LogP contribution in [0.25, 0.3) is 0 Å². The molecule has 2 heterocycles. The first-order valence-electron chi connectivity index (χ1n) is 19.3. The highest BCUT2D eigenvalue weighted by atomic mass is 16.5. The van der Waals surface area contributed by atoms with Crippen molar-refractivity contribution in [1.29, 1.82) is 0 Å². The summed E-state index contributed by atoms with van der Waals surface area (Å²) in [7, 11) is 1.57. The number of hydrogen-bond donors (Lipinski definition) is 4. The molecule has 0 unspecified atom stereocenters. The second kappa shape index (κ2) is 18.9. The third-order valence-electron chi connectivity index (χ3n) is 10.4. The van der Waals surface area contributed by atoms with Crippen molar-refractivity contribution < 1.29 is 33.4 Å². The fourth-order valence-corrected chi connectivity index (χ4v) is 6.90. The maximum Gasteiger partial charge on any atom is 0.245 e. The molecule has 0 spiro atoms. The summed E-state index contributed by atoms with van der Waals surface area (Å²) in [4.78, 5) is 70.1. The van der Waals surface area contributed by atoms with Gasteiger partial charge in [-0.15, -0.1) is 0 Å². The van der Waals surface area contributed by atoms with Gasteiger partial charge in [-0.2, -0.15) is 0 Å². The highest BCUT2D eigenvalue weighted by molar-refractivity contribution is 5.95. The summed E-state index contributed by atoms with van der Waals surface area (Å²) in [6, 6.07) is 11.2. The maximum atomic E-state index is 14.1. The molecular weight excluding hydrogens is 674 g/mol. The van der Waals surface area contributed by atoms with Crippen molar-refractivity contribution >= 4 is 29.5 Å². The topological polar surface area (TPSA) is 155 Å². The maximum absolute atomic E-state index is 14.1. The standard InChI is InChI=1S/C41H57N5O7/c1-26(2)20-32-25-53-34-17-12-30(13-18-34)21-35(44-37(47)19-14-28-6-5-7-28)40(50)45-36(22-29-10-15-33(52-4)16-11-29)39(49)42-27(3)41(51)46(23-31-8-9-31)24-38(48)43-32/h10-13,15-18,26-28,31-32,35-36H,5-9,14,19-25H2,1-4H3,(H,42,49)(H,43,48)(H,44,47)(H,45,50)/t27-,32+,35+,36+/m1/s1. The van der Waals surface area contributed by atoms with Gasteiger partial charge in [0.15, 0.2) is 0 Å². The van der Waals surface area contributed by atoms with Gasteiger partial charge in [-0.05, 0) is 85.8 Å². The summed E-state index contributed by atoms with van der Waals surface area (Å²) in [5.74, 6) is 0.449. The molecule has 2 aromatic carbocycles. The molecule has 0 aromatic heterocycles. The van der Waals surface area contributed by atoms with Crippen molar-refractivity contribution in [2.45, 2.75) is 109 Å². The molecule has 5 amide bonds. The molecule has 0 saturated heterocycles. The summed E-state index contributed by atoms with van der Waals surface area (Å²) >= 11 is 0. The van der Waals surface area contributed by atoms with E-state index < -0.39 is 29.9 Å². The fraction of sp³-hybridized carbons (Fsp3) is 0.585. The molecule has 12 heteroatoms. The molecule has 0 radical (unpaired) electrons. The number of methoxy groups -OCH3 is 1. The van der Waals surface area contributed by atoms with Gasteiger partial charge in [-0.3, -0.25) is 24.0 Å². The number of nitrogens with one attached hydrogen (secondary N) is 4. The molecule has 6 rings (SSSR count). The summed E-state index contributed by atoms with van der Waals surface area (Å²) in [6.07, 6.45) is 7.47. The Morgan fingerprint density at radius 2 is 1.64 bits per heavy atom. The molecule has 2 saturated carbocycles. The van der Waals surface area contributed by atoms with E-state index in [-0.39, 0.29) is 55.7 Å². The van der Waals surface area contributed by atoms with Crippen LogP contribution in [0.15, 0.2) is 48.5 Å². The number of benzene rings is 2. The van der Waals surface area contributed by atoms with Crippen LogP contribution < -0.4 is 30.7 Å². The Kier molecular flexibility index (Phi) is 14.1. The lowest BCUT2D eigenvalue weighted by Crippen LogP contribution is -2.58. The molecule has 4 aliphatic rings. The molecule has 2 bridgehead atoms. The third kappa shape index (κ3) is 12.5. The van der Waals surface area contributed by atoms with Crippen LogP contribution in [-0.2, 0) is 36.8 Å². The highest BCUT2D eigenvalue weighted by Crippen LogP contribution is 2.31. The van der Waals surface area contributed by atoms with Crippen molar-refractivity contribution in [3.63, 3.8) is 0 Å². The van der Waals surface area contributed by atoms with E-state index in [1.807, 2.05) is 36.4 Å². The largest absolute Gasteiger partial charge is 0.497 e. The number of carbonyl (C=O) groups excluding carboxylic acids is 5. The monoisotopic (exact) mass is 731 g/mol. The number of ether oxygens (including phenoxy) is 2. The van der Waals surface area contributed by atoms with E-state index in [2.05, 4.69) is 35.1 Å². The number of fused-ring (bicyclic) bond motifs is 17. The minimum Gasteiger partial charge on any atom is -0.497 e. The normalized spacial score (nSPS) is 23.7. The summed E-state index contributed by atoms with van der Waals surface area (Å²) in [5.41, 5.74) is 1.56. The summed E-state index contributed by atoms with van der Waals surface area (Å²) in [5, 5.41) is 11.8. The van der Waals surface area contributed by atoms with Crippen LogP contribution in [0.3, 0.4) is 0 Å². The van der Waals surface area contributed by atoms with Gasteiger partial charge in [0.2, 0.25) is 29.5 Å². The molecule has 4 atom stereocenters. The van der Waals surface area contributed by atoms with Crippen molar-refractivity contribution in [3.05, 3.63) is 59.7 Å². The lowest BCUT2D eigenvalue weighted by molar-refractivity contribution is -0.140. The SMILES string of the molecule is COc1ccc(C[C@@H]2NC(=O)[C@@H](NC(=O)CCC3CCC3)Cc3ccc(cc3)OC[C@H](CC(C)C)NC(=O)CN(CC3CC3)C(=O)[C@@H](C)NC2=O)cc1. The Bertz CT molecular complexity index is 1560. The molecule has 288 valence electrons. The van der Waals surface area contributed by atoms with Crippen molar-refractivity contribution in [3.8, 4) is 11.5 Å². The quantitative estimate of drug-likeness (QED) is 0.257. The minimum atomic E-state index is -1.07. The van der Waals surface area contributed by atoms with E-state index in [0.29, 0.717) is 42.7 Å². The van der Waals surface area contributed by atoms with E-state index in [1.165, 1.54) is 11.3 Å². The van der Waals surface area contributed by atoms with Crippen LogP contribution in [0.5, 0.6) is 11.5 Å².